The number of rotatable bonds is 7. The van der Waals surface area contributed by atoms with Crippen molar-refractivity contribution in [3.05, 3.63) is 12.0 Å². The van der Waals surface area contributed by atoms with Crippen LogP contribution in [-0.4, -0.2) is 42.2 Å². The first kappa shape index (κ1) is 14.5. The van der Waals surface area contributed by atoms with E-state index in [-0.39, 0.29) is 5.03 Å². The monoisotopic (exact) mass is 279 g/mol. The van der Waals surface area contributed by atoms with Crippen LogP contribution < -0.4 is 0 Å². The highest BCUT2D eigenvalue weighted by Crippen LogP contribution is 2.12. The first-order chi connectivity index (χ1) is 7.98. The molecular weight excluding hydrogens is 262 g/mol. The first-order valence-electron chi connectivity index (χ1n) is 5.52. The fraction of sp³-hybridized carbons (Fsp3) is 0.700. The molecule has 0 saturated carbocycles. The van der Waals surface area contributed by atoms with Gasteiger partial charge in [-0.05, 0) is 19.8 Å². The predicted octanol–water partition coefficient (Wildman–Crippen LogP) is 1.75. The van der Waals surface area contributed by atoms with Crippen LogP contribution in [-0.2, 0) is 10.0 Å². The third-order valence-corrected chi connectivity index (χ3v) is 4.51. The molecule has 17 heavy (non-hydrogen) atoms. The number of aryl methyl sites for hydroxylation is 1. The summed E-state index contributed by atoms with van der Waals surface area (Å²) in [5.41, 5.74) is 0. The summed E-state index contributed by atoms with van der Waals surface area (Å²) in [6.07, 6.45) is 4.01. The molecule has 0 aliphatic rings. The number of H-pyrrole nitrogens is 1. The molecule has 1 aromatic rings. The number of alkyl halides is 1. The van der Waals surface area contributed by atoms with E-state index in [1.165, 1.54) is 10.5 Å². The van der Waals surface area contributed by atoms with Gasteiger partial charge in [0.15, 0.2) is 5.03 Å². The molecule has 1 rings (SSSR count). The van der Waals surface area contributed by atoms with Gasteiger partial charge in [-0.3, -0.25) is 0 Å². The summed E-state index contributed by atoms with van der Waals surface area (Å²) >= 11 is 5.56. The molecule has 0 aromatic carbocycles. The average Bonchev–Trinajstić information content (AvgIpc) is 2.71. The highest BCUT2D eigenvalue weighted by molar-refractivity contribution is 7.89. The van der Waals surface area contributed by atoms with Crippen molar-refractivity contribution in [3.8, 4) is 0 Å². The second kappa shape index (κ2) is 6.37. The van der Waals surface area contributed by atoms with Crippen molar-refractivity contribution in [2.75, 3.05) is 19.5 Å². The molecule has 1 N–H and O–H groups in total. The normalized spacial score (nSPS) is 12.2. The Hall–Kier alpha value is -0.590. The Morgan fingerprint density at radius 1 is 1.41 bits per heavy atom. The molecule has 98 valence electrons. The summed E-state index contributed by atoms with van der Waals surface area (Å²) in [4.78, 5) is 6.63. The molecular formula is C10H18ClN3O2S. The molecule has 0 unspecified atom stereocenters. The molecule has 0 radical (unpaired) electrons. The molecule has 7 heteroatoms. The summed E-state index contributed by atoms with van der Waals surface area (Å²) < 4.78 is 25.4. The number of nitrogens with one attached hydrogen (secondary N) is 1. The lowest BCUT2D eigenvalue weighted by atomic mass is 10.2. The highest BCUT2D eigenvalue weighted by Gasteiger charge is 2.22. The maximum absolute atomic E-state index is 12.0. The minimum absolute atomic E-state index is 0.148. The Kier molecular flexibility index (Phi) is 5.42. The Bertz CT molecular complexity index is 444. The van der Waals surface area contributed by atoms with E-state index in [9.17, 15) is 8.42 Å². The first-order valence-corrected chi connectivity index (χ1v) is 7.50. The van der Waals surface area contributed by atoms with Crippen LogP contribution >= 0.6 is 11.6 Å². The Morgan fingerprint density at radius 3 is 2.65 bits per heavy atom. The number of aromatic nitrogens is 2. The van der Waals surface area contributed by atoms with Crippen LogP contribution in [0.25, 0.3) is 0 Å². The maximum atomic E-state index is 12.0. The van der Waals surface area contributed by atoms with E-state index in [0.717, 1.165) is 19.3 Å². The molecule has 0 aliphatic heterocycles. The van der Waals surface area contributed by atoms with E-state index in [0.29, 0.717) is 18.2 Å². The van der Waals surface area contributed by atoms with E-state index < -0.39 is 10.0 Å². The van der Waals surface area contributed by atoms with Gasteiger partial charge in [-0.15, -0.1) is 11.6 Å². The quantitative estimate of drug-likeness (QED) is 0.611. The maximum Gasteiger partial charge on any atom is 0.259 e. The van der Waals surface area contributed by atoms with Gasteiger partial charge in [-0.25, -0.2) is 13.4 Å². The lowest BCUT2D eigenvalue weighted by Crippen LogP contribution is -2.28. The van der Waals surface area contributed by atoms with E-state index in [4.69, 9.17) is 11.6 Å². The van der Waals surface area contributed by atoms with E-state index >= 15 is 0 Å². The third kappa shape index (κ3) is 3.97. The third-order valence-electron chi connectivity index (χ3n) is 2.47. The Morgan fingerprint density at radius 2 is 2.12 bits per heavy atom. The standard InChI is InChI=1S/C10H18ClN3O2S/c1-9-12-8-10(13-9)17(15,16)14(2)7-5-3-4-6-11/h8H,3-7H2,1-2H3,(H,12,13). The van der Waals surface area contributed by atoms with Gasteiger partial charge in [0, 0.05) is 19.5 Å². The lowest BCUT2D eigenvalue weighted by molar-refractivity contribution is 0.452. The highest BCUT2D eigenvalue weighted by atomic mass is 35.5. The number of imidazole rings is 1. The number of halogens is 1. The zero-order chi connectivity index (χ0) is 12.9. The van der Waals surface area contributed by atoms with Gasteiger partial charge < -0.3 is 4.98 Å². The van der Waals surface area contributed by atoms with Crippen LogP contribution in [0.1, 0.15) is 25.1 Å². The zero-order valence-electron chi connectivity index (χ0n) is 10.1. The van der Waals surface area contributed by atoms with Gasteiger partial charge in [0.05, 0.1) is 6.20 Å². The van der Waals surface area contributed by atoms with Crippen molar-refractivity contribution < 1.29 is 8.42 Å². The van der Waals surface area contributed by atoms with Gasteiger partial charge >= 0.3 is 0 Å². The van der Waals surface area contributed by atoms with E-state index in [1.807, 2.05) is 0 Å². The van der Waals surface area contributed by atoms with E-state index in [1.54, 1.807) is 14.0 Å². The molecule has 1 heterocycles. The topological polar surface area (TPSA) is 66.1 Å². The fourth-order valence-electron chi connectivity index (χ4n) is 1.42. The molecule has 0 aliphatic carbocycles. The predicted molar refractivity (Wildman–Crippen MR) is 67.7 cm³/mol. The van der Waals surface area contributed by atoms with Crippen LogP contribution in [0.5, 0.6) is 0 Å². The number of hydrogen-bond donors (Lipinski definition) is 1. The van der Waals surface area contributed by atoms with Gasteiger partial charge in [0.25, 0.3) is 10.0 Å². The molecule has 0 saturated heterocycles. The number of nitrogens with zero attached hydrogens (tertiary/aromatic N) is 2. The number of hydrogen-bond acceptors (Lipinski definition) is 3. The number of unbranched alkanes of at least 4 members (excludes halogenated alkanes) is 2. The summed E-state index contributed by atoms with van der Waals surface area (Å²) in [5, 5.41) is 0.148. The van der Waals surface area contributed by atoms with Crippen molar-refractivity contribution >= 4 is 21.6 Å². The van der Waals surface area contributed by atoms with Crippen molar-refractivity contribution in [1.29, 1.82) is 0 Å². The van der Waals surface area contributed by atoms with E-state index in [2.05, 4.69) is 9.97 Å². The zero-order valence-corrected chi connectivity index (χ0v) is 11.7. The minimum atomic E-state index is -3.42. The molecule has 0 bridgehead atoms. The van der Waals surface area contributed by atoms with Crippen LogP contribution in [0, 0.1) is 6.92 Å². The lowest BCUT2D eigenvalue weighted by Gasteiger charge is -2.15. The average molecular weight is 280 g/mol. The number of aromatic amines is 1. The number of sulfonamides is 1. The summed E-state index contributed by atoms with van der Waals surface area (Å²) in [6, 6.07) is 0. The molecule has 0 fully saturated rings. The fourth-order valence-corrected chi connectivity index (χ4v) is 2.78. The second-order valence-corrected chi connectivity index (χ2v) is 6.30. The van der Waals surface area contributed by atoms with Crippen molar-refractivity contribution in [2.45, 2.75) is 31.2 Å². The van der Waals surface area contributed by atoms with Crippen molar-refractivity contribution in [1.82, 2.24) is 14.3 Å². The summed E-state index contributed by atoms with van der Waals surface area (Å²) in [7, 11) is -1.85. The molecule has 0 amide bonds. The SMILES string of the molecule is Cc1ncc(S(=O)(=O)N(C)CCCCCCl)[nH]1. The van der Waals surface area contributed by atoms with Gasteiger partial charge in [-0.2, -0.15) is 4.31 Å². The molecule has 0 spiro atoms. The largest absolute Gasteiger partial charge is 0.332 e. The van der Waals surface area contributed by atoms with Gasteiger partial charge in [-0.1, -0.05) is 6.42 Å². The van der Waals surface area contributed by atoms with Crippen molar-refractivity contribution in [3.63, 3.8) is 0 Å². The van der Waals surface area contributed by atoms with Gasteiger partial charge in [0.1, 0.15) is 5.82 Å². The molecule has 1 aromatic heterocycles. The van der Waals surface area contributed by atoms with Crippen LogP contribution in [0.15, 0.2) is 11.2 Å². The Balaban J connectivity index is 2.58. The summed E-state index contributed by atoms with van der Waals surface area (Å²) in [6.45, 7) is 2.22. The molecule has 5 nitrogen and oxygen atoms in total. The van der Waals surface area contributed by atoms with Gasteiger partial charge in [0.2, 0.25) is 0 Å². The van der Waals surface area contributed by atoms with Crippen LogP contribution in [0.4, 0.5) is 0 Å². The second-order valence-electron chi connectivity index (χ2n) is 3.91. The molecule has 0 atom stereocenters. The van der Waals surface area contributed by atoms with Crippen LogP contribution in [0.3, 0.4) is 0 Å². The Labute approximate surface area is 107 Å². The van der Waals surface area contributed by atoms with Crippen LogP contribution in [0.2, 0.25) is 0 Å². The summed E-state index contributed by atoms with van der Waals surface area (Å²) in [5.74, 6) is 1.22. The van der Waals surface area contributed by atoms with Crippen molar-refractivity contribution in [2.24, 2.45) is 0 Å². The smallest absolute Gasteiger partial charge is 0.259 e. The minimum Gasteiger partial charge on any atom is -0.332 e.